The molecule has 6 heteroatoms. The Morgan fingerprint density at radius 2 is 0.333 bits per heavy atom. The second-order valence-corrected chi connectivity index (χ2v) is 0. The summed E-state index contributed by atoms with van der Waals surface area (Å²) in [6, 6.07) is 0. The average molecular weight is 1010 g/mol. The molecule has 0 aromatic carbocycles. The van der Waals surface area contributed by atoms with Gasteiger partial charge in [0.2, 0.25) is 0 Å². The van der Waals surface area contributed by atoms with Gasteiger partial charge in [0.25, 0.3) is 0 Å². The molecule has 0 aromatic heterocycles. The van der Waals surface area contributed by atoms with Gasteiger partial charge in [-0.25, -0.2) is 0 Å². The molecule has 0 amide bonds. The van der Waals surface area contributed by atoms with E-state index >= 15 is 0 Å². The molecule has 0 atom stereocenters. The summed E-state index contributed by atoms with van der Waals surface area (Å²) < 4.78 is 0. The summed E-state index contributed by atoms with van der Waals surface area (Å²) in [6.07, 6.45) is 0. The maximum Gasteiger partial charge on any atom is 0 e. The second-order valence-electron chi connectivity index (χ2n) is 0. The zero-order valence-corrected chi connectivity index (χ0v) is 14.5. The third kappa shape index (κ3) is 23.7. The standard InChI is InChI=1S/5Au.Mg. The van der Waals surface area contributed by atoms with Crippen LogP contribution in [0, 0.1) is 0 Å². The molecule has 6 heavy (non-hydrogen) atoms. The summed E-state index contributed by atoms with van der Waals surface area (Å²) in [5, 5.41) is 0. The van der Waals surface area contributed by atoms with E-state index in [2.05, 4.69) is 0 Å². The molecule has 0 nitrogen and oxygen atoms in total. The average Bonchev–Trinajstić information content (AvgIpc) is 0. The van der Waals surface area contributed by atoms with Gasteiger partial charge in [-0.1, -0.05) is 0 Å². The van der Waals surface area contributed by atoms with E-state index in [9.17, 15) is 0 Å². The van der Waals surface area contributed by atoms with Gasteiger partial charge in [0, 0.05) is 135 Å². The molecular weight excluding hydrogens is 1010 g/mol. The minimum atomic E-state index is 0. The van der Waals surface area contributed by atoms with E-state index in [-0.39, 0.29) is 135 Å². The Balaban J connectivity index is 0. The maximum absolute atomic E-state index is 0. The van der Waals surface area contributed by atoms with Gasteiger partial charge >= 0.3 is 0 Å². The van der Waals surface area contributed by atoms with Crippen molar-refractivity contribution >= 4 is 23.1 Å². The minimum absolute atomic E-state index is 0. The van der Waals surface area contributed by atoms with Gasteiger partial charge in [-0.2, -0.15) is 0 Å². The van der Waals surface area contributed by atoms with Crippen LogP contribution in [0.3, 0.4) is 0 Å². The van der Waals surface area contributed by atoms with Crippen LogP contribution in [0.4, 0.5) is 0 Å². The largest absolute Gasteiger partial charge is 0 e. The van der Waals surface area contributed by atoms with E-state index in [1.165, 1.54) is 0 Å². The summed E-state index contributed by atoms with van der Waals surface area (Å²) >= 11 is 0. The molecule has 0 rings (SSSR count). The number of rotatable bonds is 0. The van der Waals surface area contributed by atoms with Crippen molar-refractivity contribution in [1.82, 2.24) is 0 Å². The molecule has 0 aliphatic rings. The van der Waals surface area contributed by atoms with Crippen molar-refractivity contribution in [3.05, 3.63) is 0 Å². The van der Waals surface area contributed by atoms with Crippen molar-refractivity contribution in [1.29, 1.82) is 0 Å². The van der Waals surface area contributed by atoms with Gasteiger partial charge in [0.1, 0.15) is 0 Å². The van der Waals surface area contributed by atoms with Crippen LogP contribution in [0.2, 0.25) is 0 Å². The summed E-state index contributed by atoms with van der Waals surface area (Å²) in [5.41, 5.74) is 0. The molecule has 0 aromatic rings. The van der Waals surface area contributed by atoms with Crippen molar-refractivity contribution in [3.8, 4) is 0 Å². The minimum Gasteiger partial charge on any atom is 0 e. The van der Waals surface area contributed by atoms with Crippen LogP contribution in [0.1, 0.15) is 0 Å². The third-order valence-electron chi connectivity index (χ3n) is 0. The molecule has 0 fully saturated rings. The van der Waals surface area contributed by atoms with Gasteiger partial charge in [-0.15, -0.1) is 0 Å². The van der Waals surface area contributed by atoms with Crippen molar-refractivity contribution in [2.45, 2.75) is 0 Å². The topological polar surface area (TPSA) is 0 Å². The molecule has 0 aliphatic heterocycles. The SMILES string of the molecule is [Au].[Au].[Au].[Au].[Au].[Mg]. The fourth-order valence-electron chi connectivity index (χ4n) is 0. The van der Waals surface area contributed by atoms with Crippen LogP contribution in [0.5, 0.6) is 0 Å². The Kier molecular flexibility index (Phi) is 266. The molecule has 0 heterocycles. The summed E-state index contributed by atoms with van der Waals surface area (Å²) in [5.74, 6) is 0. The van der Waals surface area contributed by atoms with Crippen LogP contribution in [0.25, 0.3) is 0 Å². The molecule has 0 aliphatic carbocycles. The van der Waals surface area contributed by atoms with Crippen molar-refractivity contribution in [2.24, 2.45) is 0 Å². The second kappa shape index (κ2) is 34.0. The van der Waals surface area contributed by atoms with E-state index in [4.69, 9.17) is 0 Å². The summed E-state index contributed by atoms with van der Waals surface area (Å²) in [6.45, 7) is 0. The molecule has 0 saturated carbocycles. The Bertz CT molecular complexity index is 3.90. The number of hydrogen-bond donors (Lipinski definition) is 0. The Morgan fingerprint density at radius 1 is 0.333 bits per heavy atom. The van der Waals surface area contributed by atoms with Gasteiger partial charge in [-0.05, 0) is 0 Å². The molecule has 0 N–H and O–H groups in total. The zero-order valence-electron chi connectivity index (χ0n) is 2.21. The first-order valence-electron chi connectivity index (χ1n) is 0. The molecule has 0 bridgehead atoms. The van der Waals surface area contributed by atoms with Gasteiger partial charge in [0.15, 0.2) is 0 Å². The molecule has 57 valence electrons. The first-order valence-corrected chi connectivity index (χ1v) is 0. The first-order chi connectivity index (χ1) is 0. The predicted octanol–water partition coefficient (Wildman–Crippen LogP) is -0.393. The fraction of sp³-hybridized carbons (Fsp3) is 0. The zero-order chi connectivity index (χ0) is 0. The van der Waals surface area contributed by atoms with Gasteiger partial charge < -0.3 is 0 Å². The Hall–Kier alpha value is 4.47. The van der Waals surface area contributed by atoms with Crippen LogP contribution >= 0.6 is 0 Å². The summed E-state index contributed by atoms with van der Waals surface area (Å²) in [4.78, 5) is 0. The van der Waals surface area contributed by atoms with E-state index in [0.717, 1.165) is 0 Å². The monoisotopic (exact) mass is 1010 g/mol. The van der Waals surface area contributed by atoms with Gasteiger partial charge in [-0.3, -0.25) is 0 Å². The van der Waals surface area contributed by atoms with Crippen molar-refractivity contribution < 1.29 is 112 Å². The normalized spacial score (nSPS) is 0. The fourth-order valence-corrected chi connectivity index (χ4v) is 0. The Morgan fingerprint density at radius 3 is 0.333 bits per heavy atom. The molecule has 7 radical (unpaired) electrons. The predicted molar refractivity (Wildman–Crippen MR) is 5.75 cm³/mol. The summed E-state index contributed by atoms with van der Waals surface area (Å²) in [7, 11) is 0. The van der Waals surface area contributed by atoms with Crippen molar-refractivity contribution in [3.63, 3.8) is 0 Å². The first kappa shape index (κ1) is 47.0. The van der Waals surface area contributed by atoms with E-state index < -0.39 is 0 Å². The molecule has 0 saturated heterocycles. The molecule has 0 spiro atoms. The smallest absolute Gasteiger partial charge is 0 e. The number of hydrogen-bond acceptors (Lipinski definition) is 0. The third-order valence-corrected chi connectivity index (χ3v) is 0. The van der Waals surface area contributed by atoms with Gasteiger partial charge in [0.05, 0.1) is 0 Å². The van der Waals surface area contributed by atoms with Crippen LogP contribution in [-0.4, -0.2) is 23.1 Å². The maximum atomic E-state index is 0. The van der Waals surface area contributed by atoms with E-state index in [0.29, 0.717) is 0 Å². The quantitative estimate of drug-likeness (QED) is 0.291. The van der Waals surface area contributed by atoms with E-state index in [1.807, 2.05) is 0 Å². The molecular formula is Au5Mg. The molecule has 0 unspecified atom stereocenters. The van der Waals surface area contributed by atoms with Crippen LogP contribution in [-0.2, 0) is 112 Å². The Labute approximate surface area is 132 Å². The van der Waals surface area contributed by atoms with Crippen molar-refractivity contribution in [2.75, 3.05) is 0 Å². The van der Waals surface area contributed by atoms with Crippen LogP contribution < -0.4 is 0 Å². The van der Waals surface area contributed by atoms with Crippen LogP contribution in [0.15, 0.2) is 0 Å². The van der Waals surface area contributed by atoms with E-state index in [1.54, 1.807) is 0 Å².